The number of hydrogen-bond acceptors (Lipinski definition) is 9. The van der Waals surface area contributed by atoms with Gasteiger partial charge in [-0.3, -0.25) is 9.36 Å². The molecule has 1 aromatic heterocycles. The number of hydrogen-bond donors (Lipinski definition) is 4. The molecule has 12 nitrogen and oxygen atoms in total. The number of carbonyl (C=O) groups excluding carboxylic acids is 3. The number of alkyl carbamates (subject to hydrolysis) is 1. The largest absolute Gasteiger partial charge is 0.445 e. The van der Waals surface area contributed by atoms with Gasteiger partial charge in [-0.1, -0.05) is 43.2 Å². The number of unbranched alkanes of at least 4 members (excludes halogenated alkanes) is 2. The fourth-order valence-corrected chi connectivity index (χ4v) is 4.05. The Morgan fingerprint density at radius 3 is 2.51 bits per heavy atom. The van der Waals surface area contributed by atoms with Crippen LogP contribution in [0.2, 0.25) is 0 Å². The predicted octanol–water partition coefficient (Wildman–Crippen LogP) is 1.79. The van der Waals surface area contributed by atoms with Crippen LogP contribution >= 0.6 is 0 Å². The number of Topliss-reactive ketones (excluding diaryl/α,β-unsaturated/α-hetero) is 1. The van der Waals surface area contributed by atoms with Crippen molar-refractivity contribution in [3.63, 3.8) is 0 Å². The number of aliphatic hydroxyl groups is 2. The van der Waals surface area contributed by atoms with E-state index in [4.69, 9.17) is 9.47 Å². The molecule has 1 saturated heterocycles. The molecule has 2 unspecified atom stereocenters. The molecule has 3 rings (SSSR count). The van der Waals surface area contributed by atoms with Gasteiger partial charge in [-0.25, -0.2) is 14.0 Å². The minimum atomic E-state index is -1.49. The van der Waals surface area contributed by atoms with Gasteiger partial charge in [0.15, 0.2) is 17.9 Å². The van der Waals surface area contributed by atoms with Crippen LogP contribution in [0.25, 0.3) is 0 Å². The van der Waals surface area contributed by atoms with Crippen LogP contribution in [-0.4, -0.2) is 61.9 Å². The number of aliphatic hydroxyl groups excluding tert-OH is 2. The molecule has 1 aliphatic rings. The average molecular weight is 549 g/mol. The van der Waals surface area contributed by atoms with Crippen LogP contribution in [0.4, 0.5) is 15.0 Å². The number of nitrogens with one attached hydrogen (secondary N) is 2. The van der Waals surface area contributed by atoms with E-state index in [-0.39, 0.29) is 18.8 Å². The zero-order valence-electron chi connectivity index (χ0n) is 21.7. The van der Waals surface area contributed by atoms with Crippen LogP contribution in [0.3, 0.4) is 0 Å². The third kappa shape index (κ3) is 8.40. The van der Waals surface area contributed by atoms with Crippen molar-refractivity contribution in [2.75, 3.05) is 5.32 Å². The Hall–Kier alpha value is -3.68. The van der Waals surface area contributed by atoms with Gasteiger partial charge in [0.1, 0.15) is 30.6 Å². The number of amides is 2. The molecule has 0 saturated carbocycles. The lowest BCUT2D eigenvalue weighted by Gasteiger charge is -2.20. The van der Waals surface area contributed by atoms with Crippen molar-refractivity contribution in [1.82, 2.24) is 14.9 Å². The van der Waals surface area contributed by atoms with Crippen molar-refractivity contribution in [2.24, 2.45) is 0 Å². The van der Waals surface area contributed by atoms with E-state index in [1.165, 1.54) is 13.8 Å². The molecule has 5 atom stereocenters. The summed E-state index contributed by atoms with van der Waals surface area (Å²) in [7, 11) is 0. The van der Waals surface area contributed by atoms with E-state index in [0.29, 0.717) is 36.4 Å². The smallest absolute Gasteiger partial charge is 0.408 e. The Labute approximate surface area is 224 Å². The van der Waals surface area contributed by atoms with Gasteiger partial charge in [0, 0.05) is 6.42 Å². The first-order chi connectivity index (χ1) is 18.6. The second-order valence-electron chi connectivity index (χ2n) is 9.39. The van der Waals surface area contributed by atoms with E-state index in [2.05, 4.69) is 15.6 Å². The summed E-state index contributed by atoms with van der Waals surface area (Å²) in [5, 5.41) is 24.7. The highest BCUT2D eigenvalue weighted by Gasteiger charge is 2.42. The number of carbonyl (C=O) groups is 3. The number of anilines is 1. The first-order valence-corrected chi connectivity index (χ1v) is 12.6. The molecule has 1 aromatic carbocycles. The maximum atomic E-state index is 14.8. The predicted molar refractivity (Wildman–Crippen MR) is 136 cm³/mol. The van der Waals surface area contributed by atoms with Gasteiger partial charge in [-0.05, 0) is 32.3 Å². The van der Waals surface area contributed by atoms with Gasteiger partial charge in [-0.15, -0.1) is 0 Å². The average Bonchev–Trinajstić information content (AvgIpc) is 3.15. The maximum absolute atomic E-state index is 14.8. The van der Waals surface area contributed by atoms with Crippen LogP contribution < -0.4 is 16.3 Å². The summed E-state index contributed by atoms with van der Waals surface area (Å²) >= 11 is 0. The Morgan fingerprint density at radius 1 is 1.15 bits per heavy atom. The molecule has 13 heteroatoms. The van der Waals surface area contributed by atoms with Gasteiger partial charge < -0.3 is 35.1 Å². The number of aromatic nitrogens is 2. The van der Waals surface area contributed by atoms with Crippen molar-refractivity contribution in [3.05, 3.63) is 58.4 Å². The zero-order chi connectivity index (χ0) is 28.5. The molecular formula is C26H33FN4O8. The van der Waals surface area contributed by atoms with Gasteiger partial charge in [0.05, 0.1) is 12.3 Å². The molecular weight excluding hydrogens is 515 g/mol. The van der Waals surface area contributed by atoms with E-state index in [0.717, 1.165) is 5.56 Å². The summed E-state index contributed by atoms with van der Waals surface area (Å²) in [6.07, 6.45) is -2.86. The third-order valence-electron chi connectivity index (χ3n) is 6.24. The van der Waals surface area contributed by atoms with E-state index >= 15 is 0 Å². The van der Waals surface area contributed by atoms with Crippen molar-refractivity contribution in [2.45, 2.75) is 83.1 Å². The minimum absolute atomic E-state index is 0.0313. The van der Waals surface area contributed by atoms with Crippen LogP contribution in [0.1, 0.15) is 57.7 Å². The Morgan fingerprint density at radius 2 is 1.87 bits per heavy atom. The molecule has 0 spiro atoms. The molecule has 1 aliphatic heterocycles. The van der Waals surface area contributed by atoms with E-state index in [1.54, 1.807) is 24.3 Å². The number of rotatable bonds is 12. The van der Waals surface area contributed by atoms with Crippen molar-refractivity contribution in [3.8, 4) is 0 Å². The first kappa shape index (κ1) is 29.9. The van der Waals surface area contributed by atoms with Crippen molar-refractivity contribution in [1.29, 1.82) is 0 Å². The molecule has 2 aromatic rings. The first-order valence-electron chi connectivity index (χ1n) is 12.6. The summed E-state index contributed by atoms with van der Waals surface area (Å²) in [4.78, 5) is 52.6. The highest BCUT2D eigenvalue weighted by atomic mass is 19.1. The lowest BCUT2D eigenvalue weighted by molar-refractivity contribution is -0.118. The molecule has 0 bridgehead atoms. The van der Waals surface area contributed by atoms with Crippen LogP contribution in [0, 0.1) is 5.82 Å². The van der Waals surface area contributed by atoms with E-state index < -0.39 is 59.9 Å². The van der Waals surface area contributed by atoms with Crippen LogP contribution in [-0.2, 0) is 25.7 Å². The van der Waals surface area contributed by atoms with E-state index in [1.807, 2.05) is 6.07 Å². The second-order valence-corrected chi connectivity index (χ2v) is 9.39. The van der Waals surface area contributed by atoms with Crippen molar-refractivity contribution < 1.29 is 38.5 Å². The minimum Gasteiger partial charge on any atom is -0.445 e. The summed E-state index contributed by atoms with van der Waals surface area (Å²) in [6, 6.07) is 7.76. The maximum Gasteiger partial charge on any atom is 0.408 e. The quantitative estimate of drug-likeness (QED) is 0.289. The highest BCUT2D eigenvalue weighted by Crippen LogP contribution is 2.28. The summed E-state index contributed by atoms with van der Waals surface area (Å²) in [5.41, 5.74) is -0.295. The summed E-state index contributed by atoms with van der Waals surface area (Å²) in [5.74, 6) is -2.56. The molecule has 2 heterocycles. The Balaban J connectivity index is 1.68. The molecule has 212 valence electrons. The summed E-state index contributed by atoms with van der Waals surface area (Å²) in [6.45, 7) is 2.93. The highest BCUT2D eigenvalue weighted by molar-refractivity contribution is 5.95. The third-order valence-corrected chi connectivity index (χ3v) is 6.24. The van der Waals surface area contributed by atoms with Gasteiger partial charge in [0.25, 0.3) is 0 Å². The second kappa shape index (κ2) is 13.9. The fourth-order valence-electron chi connectivity index (χ4n) is 4.05. The normalized spacial score (nSPS) is 21.3. The topological polar surface area (TPSA) is 169 Å². The monoisotopic (exact) mass is 548 g/mol. The number of benzene rings is 1. The molecule has 0 aliphatic carbocycles. The lowest BCUT2D eigenvalue weighted by Crippen LogP contribution is -2.44. The standard InChI is InChI=1S/C26H33FN4O8/c1-15(32)9-5-3-8-12-19(28-26(37)38-14-17-10-6-4-7-11-17)23(35)29-22-18(27)13-31(25(36)30-22)24-21(34)20(33)16(2)39-24/h4,6-7,10-11,13,16,19-21,24,33-34H,3,5,8-9,12,14H2,1-2H3,(H,28,37)(H,29,30,35,36)/t16-,19?,20+,21?,24-/m1/s1. The van der Waals surface area contributed by atoms with Crippen molar-refractivity contribution >= 4 is 23.6 Å². The van der Waals surface area contributed by atoms with Gasteiger partial charge >= 0.3 is 11.8 Å². The molecule has 1 fully saturated rings. The van der Waals surface area contributed by atoms with Crippen LogP contribution in [0.15, 0.2) is 41.3 Å². The number of halogens is 1. The van der Waals surface area contributed by atoms with Crippen LogP contribution in [0.5, 0.6) is 0 Å². The molecule has 4 N–H and O–H groups in total. The molecule has 0 radical (unpaired) electrons. The van der Waals surface area contributed by atoms with Gasteiger partial charge in [0.2, 0.25) is 5.91 Å². The molecule has 39 heavy (non-hydrogen) atoms. The Bertz CT molecular complexity index is 1210. The summed E-state index contributed by atoms with van der Waals surface area (Å²) < 4.78 is 26.1. The van der Waals surface area contributed by atoms with Gasteiger partial charge in [-0.2, -0.15) is 4.98 Å². The number of ketones is 1. The fraction of sp³-hybridized carbons (Fsp3) is 0.500. The van der Waals surface area contributed by atoms with E-state index in [9.17, 15) is 33.8 Å². The lowest BCUT2D eigenvalue weighted by atomic mass is 10.1. The number of nitrogens with zero attached hydrogens (tertiary/aromatic N) is 2. The SMILES string of the molecule is CC(=O)CCCCCC(NC(=O)OCc1ccccc1)C(=O)Nc1nc(=O)n([C@@H]2O[C@H](C)[C@H](O)C2O)cc1F. The Kier molecular flexibility index (Phi) is 10.7. The zero-order valence-corrected chi connectivity index (χ0v) is 21.7. The molecule has 2 amide bonds. The number of ether oxygens (including phenoxy) is 2.